The van der Waals surface area contributed by atoms with Crippen molar-refractivity contribution < 1.29 is 9.59 Å². The van der Waals surface area contributed by atoms with Crippen LogP contribution in [0.1, 0.15) is 22.3 Å². The lowest BCUT2D eigenvalue weighted by Crippen LogP contribution is -2.24. The van der Waals surface area contributed by atoms with E-state index in [1.165, 1.54) is 0 Å². The molecule has 0 radical (unpaired) electrons. The van der Waals surface area contributed by atoms with Gasteiger partial charge in [0, 0.05) is 35.1 Å². The molecule has 1 aliphatic heterocycles. The van der Waals surface area contributed by atoms with E-state index in [-0.39, 0.29) is 11.7 Å². The van der Waals surface area contributed by atoms with Gasteiger partial charge in [-0.25, -0.2) is 0 Å². The number of hydrogen-bond acceptors (Lipinski definition) is 2. The quantitative estimate of drug-likeness (QED) is 0.618. The van der Waals surface area contributed by atoms with Gasteiger partial charge in [-0.15, -0.1) is 0 Å². The van der Waals surface area contributed by atoms with Crippen LogP contribution in [-0.2, 0) is 4.79 Å². The highest BCUT2D eigenvalue weighted by molar-refractivity contribution is 9.09. The molecule has 2 aromatic rings. The molecular weight excluding hydrogens is 342 g/mol. The molecule has 1 unspecified atom stereocenters. The molecule has 4 heteroatoms. The summed E-state index contributed by atoms with van der Waals surface area (Å²) in [7, 11) is 0. The summed E-state index contributed by atoms with van der Waals surface area (Å²) in [5.41, 5.74) is 2.07. The molecule has 1 fully saturated rings. The van der Waals surface area contributed by atoms with Crippen LogP contribution in [-0.4, -0.2) is 23.6 Å². The number of benzene rings is 2. The average Bonchev–Trinajstić information content (AvgIpc) is 2.96. The van der Waals surface area contributed by atoms with Crippen molar-refractivity contribution in [2.75, 3.05) is 16.8 Å². The fourth-order valence-electron chi connectivity index (χ4n) is 2.71. The number of alkyl halides is 1. The Morgan fingerprint density at radius 2 is 1.82 bits per heavy atom. The van der Waals surface area contributed by atoms with E-state index in [1.807, 2.05) is 36.4 Å². The van der Waals surface area contributed by atoms with E-state index in [0.717, 1.165) is 11.0 Å². The maximum absolute atomic E-state index is 12.5. The minimum absolute atomic E-state index is 0.0221. The molecular formula is C18H16BrNO2. The summed E-state index contributed by atoms with van der Waals surface area (Å²) < 4.78 is 0. The van der Waals surface area contributed by atoms with Crippen LogP contribution in [0.3, 0.4) is 0 Å². The van der Waals surface area contributed by atoms with E-state index >= 15 is 0 Å². The molecule has 1 amide bonds. The summed E-state index contributed by atoms with van der Waals surface area (Å²) in [4.78, 5) is 26.4. The lowest BCUT2D eigenvalue weighted by molar-refractivity contribution is -0.117. The minimum Gasteiger partial charge on any atom is -0.312 e. The van der Waals surface area contributed by atoms with Gasteiger partial charge in [0.15, 0.2) is 5.78 Å². The van der Waals surface area contributed by atoms with Gasteiger partial charge in [0.05, 0.1) is 0 Å². The van der Waals surface area contributed by atoms with E-state index in [9.17, 15) is 9.59 Å². The molecule has 22 heavy (non-hydrogen) atoms. The Kier molecular flexibility index (Phi) is 4.39. The Morgan fingerprint density at radius 1 is 1.09 bits per heavy atom. The van der Waals surface area contributed by atoms with Crippen LogP contribution in [0, 0.1) is 5.92 Å². The number of amides is 1. The minimum atomic E-state index is -0.0221. The van der Waals surface area contributed by atoms with E-state index < -0.39 is 0 Å². The van der Waals surface area contributed by atoms with Crippen LogP contribution >= 0.6 is 15.9 Å². The lowest BCUT2D eigenvalue weighted by atomic mass is 10.0. The van der Waals surface area contributed by atoms with Gasteiger partial charge in [-0.05, 0) is 18.1 Å². The molecule has 2 aromatic carbocycles. The van der Waals surface area contributed by atoms with Crippen molar-refractivity contribution in [2.24, 2.45) is 5.92 Å². The molecule has 0 aromatic heterocycles. The van der Waals surface area contributed by atoms with E-state index in [4.69, 9.17) is 0 Å². The third kappa shape index (κ3) is 2.97. The van der Waals surface area contributed by atoms with Crippen LogP contribution in [0.4, 0.5) is 5.69 Å². The zero-order valence-electron chi connectivity index (χ0n) is 12.0. The Morgan fingerprint density at radius 3 is 2.50 bits per heavy atom. The summed E-state index contributed by atoms with van der Waals surface area (Å²) in [6, 6.07) is 16.5. The van der Waals surface area contributed by atoms with Gasteiger partial charge in [0.25, 0.3) is 0 Å². The van der Waals surface area contributed by atoms with Crippen LogP contribution in [0.5, 0.6) is 0 Å². The van der Waals surface area contributed by atoms with Crippen LogP contribution in [0.25, 0.3) is 0 Å². The van der Waals surface area contributed by atoms with Crippen molar-refractivity contribution in [1.29, 1.82) is 0 Å². The SMILES string of the molecule is O=C(c1ccccc1)c1cccc(N2CC(CBr)CC2=O)c1. The first kappa shape index (κ1) is 15.0. The second kappa shape index (κ2) is 6.44. The van der Waals surface area contributed by atoms with Gasteiger partial charge >= 0.3 is 0 Å². The highest BCUT2D eigenvalue weighted by atomic mass is 79.9. The largest absolute Gasteiger partial charge is 0.312 e. The fourth-order valence-corrected chi connectivity index (χ4v) is 3.14. The van der Waals surface area contributed by atoms with Gasteiger partial charge in [-0.3, -0.25) is 9.59 Å². The number of carbonyl (C=O) groups is 2. The summed E-state index contributed by atoms with van der Waals surface area (Å²) in [5.74, 6) is 0.431. The molecule has 1 atom stereocenters. The fraction of sp³-hybridized carbons (Fsp3) is 0.222. The van der Waals surface area contributed by atoms with Crippen molar-refractivity contribution in [3.05, 3.63) is 65.7 Å². The van der Waals surface area contributed by atoms with Gasteiger partial charge in [-0.1, -0.05) is 58.4 Å². The highest BCUT2D eigenvalue weighted by Crippen LogP contribution is 2.27. The van der Waals surface area contributed by atoms with Crippen molar-refractivity contribution in [3.63, 3.8) is 0 Å². The monoisotopic (exact) mass is 357 g/mol. The summed E-state index contributed by atoms with van der Waals surface area (Å²) in [6.07, 6.45) is 0.558. The molecule has 3 nitrogen and oxygen atoms in total. The second-order valence-electron chi connectivity index (χ2n) is 5.47. The molecule has 1 saturated heterocycles. The van der Waals surface area contributed by atoms with Gasteiger partial charge in [0.1, 0.15) is 0 Å². The lowest BCUT2D eigenvalue weighted by Gasteiger charge is -2.17. The maximum Gasteiger partial charge on any atom is 0.227 e. The number of ketones is 1. The molecule has 0 aliphatic carbocycles. The van der Waals surface area contributed by atoms with E-state index in [2.05, 4.69) is 15.9 Å². The number of hydrogen-bond donors (Lipinski definition) is 0. The first-order chi connectivity index (χ1) is 10.7. The van der Waals surface area contributed by atoms with Gasteiger partial charge in [-0.2, -0.15) is 0 Å². The van der Waals surface area contributed by atoms with Gasteiger partial charge < -0.3 is 4.90 Å². The molecule has 0 saturated carbocycles. The number of rotatable bonds is 4. The van der Waals surface area contributed by atoms with Crippen molar-refractivity contribution in [2.45, 2.75) is 6.42 Å². The van der Waals surface area contributed by atoms with Crippen molar-refractivity contribution in [3.8, 4) is 0 Å². The first-order valence-corrected chi connectivity index (χ1v) is 8.37. The molecule has 3 rings (SSSR count). The molecule has 1 heterocycles. The number of halogens is 1. The van der Waals surface area contributed by atoms with Gasteiger partial charge in [0.2, 0.25) is 5.91 Å². The van der Waals surface area contributed by atoms with Crippen molar-refractivity contribution in [1.82, 2.24) is 0 Å². The number of carbonyl (C=O) groups excluding carboxylic acids is 2. The predicted octanol–water partition coefficient (Wildman–Crippen LogP) is 3.67. The number of nitrogens with zero attached hydrogens (tertiary/aromatic N) is 1. The molecule has 0 N–H and O–H groups in total. The van der Waals surface area contributed by atoms with Crippen LogP contribution in [0.2, 0.25) is 0 Å². The first-order valence-electron chi connectivity index (χ1n) is 7.25. The van der Waals surface area contributed by atoms with Crippen molar-refractivity contribution >= 4 is 33.3 Å². The third-order valence-electron chi connectivity index (χ3n) is 3.88. The Bertz CT molecular complexity index is 699. The van der Waals surface area contributed by atoms with E-state index in [1.54, 1.807) is 23.1 Å². The summed E-state index contributed by atoms with van der Waals surface area (Å²) >= 11 is 3.44. The smallest absolute Gasteiger partial charge is 0.227 e. The number of anilines is 1. The van der Waals surface area contributed by atoms with Crippen LogP contribution < -0.4 is 4.90 Å². The van der Waals surface area contributed by atoms with E-state index in [0.29, 0.717) is 30.0 Å². The molecule has 1 aliphatic rings. The predicted molar refractivity (Wildman–Crippen MR) is 90.6 cm³/mol. The third-order valence-corrected chi connectivity index (χ3v) is 4.80. The Hall–Kier alpha value is -1.94. The normalized spacial score (nSPS) is 17.8. The van der Waals surface area contributed by atoms with Crippen LogP contribution in [0.15, 0.2) is 54.6 Å². The maximum atomic E-state index is 12.5. The average molecular weight is 358 g/mol. The molecule has 112 valence electrons. The highest BCUT2D eigenvalue weighted by Gasteiger charge is 2.30. The summed E-state index contributed by atoms with van der Waals surface area (Å²) in [5, 5.41) is 0.817. The standard InChI is InChI=1S/C18H16BrNO2/c19-11-13-9-17(21)20(12-13)16-8-4-7-15(10-16)18(22)14-5-2-1-3-6-14/h1-8,10,13H,9,11-12H2. The molecule has 0 spiro atoms. The topological polar surface area (TPSA) is 37.4 Å². The zero-order valence-corrected chi connectivity index (χ0v) is 13.6. The molecule has 0 bridgehead atoms. The second-order valence-corrected chi connectivity index (χ2v) is 6.12. The summed E-state index contributed by atoms with van der Waals surface area (Å²) in [6.45, 7) is 0.701. The Labute approximate surface area is 138 Å². The zero-order chi connectivity index (χ0) is 15.5. The Balaban J connectivity index is 1.87.